The Morgan fingerprint density at radius 2 is 2.46 bits per heavy atom. The van der Waals surface area contributed by atoms with Crippen LogP contribution in [0.3, 0.4) is 0 Å². The van der Waals surface area contributed by atoms with Crippen molar-refractivity contribution in [3.05, 3.63) is 11.8 Å². The van der Waals surface area contributed by atoms with Gasteiger partial charge < -0.3 is 5.73 Å². The van der Waals surface area contributed by atoms with E-state index in [0.29, 0.717) is 17.8 Å². The fourth-order valence-electron chi connectivity index (χ4n) is 1.39. The Kier molecular flexibility index (Phi) is 2.04. The van der Waals surface area contributed by atoms with Gasteiger partial charge in [0.05, 0.1) is 11.8 Å². The molecule has 4 nitrogen and oxygen atoms in total. The molecule has 0 saturated heterocycles. The van der Waals surface area contributed by atoms with Gasteiger partial charge in [-0.2, -0.15) is 5.10 Å². The van der Waals surface area contributed by atoms with Gasteiger partial charge in [-0.3, -0.25) is 9.89 Å². The van der Waals surface area contributed by atoms with Crippen LogP contribution in [0.5, 0.6) is 0 Å². The maximum absolute atomic E-state index is 11.5. The third-order valence-corrected chi connectivity index (χ3v) is 2.45. The summed E-state index contributed by atoms with van der Waals surface area (Å²) in [4.78, 5) is 11.5. The number of anilines is 1. The molecule has 70 valence electrons. The summed E-state index contributed by atoms with van der Waals surface area (Å²) in [6.07, 6.45) is 5.69. The van der Waals surface area contributed by atoms with E-state index >= 15 is 0 Å². The average Bonchev–Trinajstić information content (AvgIpc) is 2.84. The molecule has 4 heteroatoms. The number of aromatic nitrogens is 2. The number of hydrogen-bond acceptors (Lipinski definition) is 3. The van der Waals surface area contributed by atoms with Crippen LogP contribution in [0.4, 0.5) is 5.82 Å². The molecule has 2 rings (SSSR count). The van der Waals surface area contributed by atoms with Crippen molar-refractivity contribution in [3.8, 4) is 0 Å². The van der Waals surface area contributed by atoms with Gasteiger partial charge in [-0.05, 0) is 12.3 Å². The lowest BCUT2D eigenvalue weighted by Crippen LogP contribution is -2.01. The minimum atomic E-state index is 0.109. The third kappa shape index (κ3) is 1.88. The second kappa shape index (κ2) is 3.20. The topological polar surface area (TPSA) is 71.8 Å². The molecule has 1 heterocycles. The van der Waals surface area contributed by atoms with Gasteiger partial charge in [0.15, 0.2) is 5.78 Å². The van der Waals surface area contributed by atoms with E-state index < -0.39 is 0 Å². The van der Waals surface area contributed by atoms with Crippen LogP contribution in [0.15, 0.2) is 6.20 Å². The van der Waals surface area contributed by atoms with Crippen molar-refractivity contribution in [1.29, 1.82) is 0 Å². The summed E-state index contributed by atoms with van der Waals surface area (Å²) < 4.78 is 0. The summed E-state index contributed by atoms with van der Waals surface area (Å²) in [5.41, 5.74) is 6.07. The van der Waals surface area contributed by atoms with Crippen molar-refractivity contribution in [2.45, 2.75) is 25.7 Å². The lowest BCUT2D eigenvalue weighted by atomic mass is 10.1. The molecule has 1 aliphatic carbocycles. The second-order valence-corrected chi connectivity index (χ2v) is 3.60. The molecule has 0 aliphatic heterocycles. The van der Waals surface area contributed by atoms with Gasteiger partial charge in [-0.15, -0.1) is 0 Å². The van der Waals surface area contributed by atoms with Crippen molar-refractivity contribution in [2.24, 2.45) is 5.92 Å². The van der Waals surface area contributed by atoms with E-state index in [1.54, 1.807) is 0 Å². The number of carbonyl (C=O) groups excluding carboxylic acids is 1. The first-order valence-corrected chi connectivity index (χ1v) is 4.59. The summed E-state index contributed by atoms with van der Waals surface area (Å²) in [6.45, 7) is 0. The molecule has 1 saturated carbocycles. The van der Waals surface area contributed by atoms with Crippen LogP contribution in [-0.4, -0.2) is 16.0 Å². The Morgan fingerprint density at radius 3 is 3.00 bits per heavy atom. The first kappa shape index (κ1) is 8.29. The maximum Gasteiger partial charge on any atom is 0.168 e. The van der Waals surface area contributed by atoms with Crippen LogP contribution < -0.4 is 5.73 Å². The Labute approximate surface area is 76.5 Å². The zero-order valence-corrected chi connectivity index (χ0v) is 7.42. The van der Waals surface area contributed by atoms with Gasteiger partial charge >= 0.3 is 0 Å². The van der Waals surface area contributed by atoms with Gasteiger partial charge in [0, 0.05) is 6.42 Å². The number of nitrogens with one attached hydrogen (secondary N) is 1. The average molecular weight is 179 g/mol. The molecule has 3 N–H and O–H groups in total. The SMILES string of the molecule is Nc1[nH]ncc1C(=O)CCC1CC1. The van der Waals surface area contributed by atoms with Crippen LogP contribution >= 0.6 is 0 Å². The molecule has 0 aromatic carbocycles. The number of rotatable bonds is 4. The van der Waals surface area contributed by atoms with E-state index in [0.717, 1.165) is 12.3 Å². The number of nitrogen functional groups attached to an aromatic ring is 1. The summed E-state index contributed by atoms with van der Waals surface area (Å²) in [6, 6.07) is 0. The van der Waals surface area contributed by atoms with Crippen LogP contribution in [0.25, 0.3) is 0 Å². The molecule has 1 aromatic rings. The van der Waals surface area contributed by atoms with E-state index in [-0.39, 0.29) is 5.78 Å². The smallest absolute Gasteiger partial charge is 0.168 e. The quantitative estimate of drug-likeness (QED) is 0.685. The highest BCUT2D eigenvalue weighted by atomic mass is 16.1. The number of hydrogen-bond donors (Lipinski definition) is 2. The highest BCUT2D eigenvalue weighted by Gasteiger charge is 2.22. The van der Waals surface area contributed by atoms with Gasteiger partial charge in [-0.1, -0.05) is 12.8 Å². The summed E-state index contributed by atoms with van der Waals surface area (Å²) >= 11 is 0. The molecule has 0 atom stereocenters. The van der Waals surface area contributed by atoms with Crippen molar-refractivity contribution >= 4 is 11.6 Å². The summed E-state index contributed by atoms with van der Waals surface area (Å²) in [7, 11) is 0. The second-order valence-electron chi connectivity index (χ2n) is 3.60. The lowest BCUT2D eigenvalue weighted by molar-refractivity contribution is 0.0979. The standard InChI is InChI=1S/C9H13N3O/c10-9-7(5-11-12-9)8(13)4-3-6-1-2-6/h5-6H,1-4H2,(H3,10,11,12). The maximum atomic E-state index is 11.5. The van der Waals surface area contributed by atoms with Gasteiger partial charge in [-0.25, -0.2) is 0 Å². The Morgan fingerprint density at radius 1 is 1.69 bits per heavy atom. The number of ketones is 1. The lowest BCUT2D eigenvalue weighted by Gasteiger charge is -1.97. The molecule has 0 bridgehead atoms. The normalized spacial score (nSPS) is 16.0. The predicted molar refractivity (Wildman–Crippen MR) is 49.3 cm³/mol. The first-order valence-electron chi connectivity index (χ1n) is 4.59. The Hall–Kier alpha value is -1.32. The zero-order valence-electron chi connectivity index (χ0n) is 7.42. The zero-order chi connectivity index (χ0) is 9.26. The number of carbonyl (C=O) groups is 1. The molecule has 0 spiro atoms. The number of aromatic amines is 1. The number of Topliss-reactive ketones (excluding diaryl/α,β-unsaturated/α-hetero) is 1. The van der Waals surface area contributed by atoms with Gasteiger partial charge in [0.1, 0.15) is 5.82 Å². The van der Waals surface area contributed by atoms with Crippen molar-refractivity contribution in [1.82, 2.24) is 10.2 Å². The number of nitrogens with two attached hydrogens (primary N) is 1. The van der Waals surface area contributed by atoms with Crippen LogP contribution in [-0.2, 0) is 0 Å². The monoisotopic (exact) mass is 179 g/mol. The molecule has 1 fully saturated rings. The van der Waals surface area contributed by atoms with E-state index in [2.05, 4.69) is 10.2 Å². The fourth-order valence-corrected chi connectivity index (χ4v) is 1.39. The summed E-state index contributed by atoms with van der Waals surface area (Å²) in [5, 5.41) is 6.27. The predicted octanol–water partition coefficient (Wildman–Crippen LogP) is 1.36. The van der Waals surface area contributed by atoms with E-state index in [1.807, 2.05) is 0 Å². The molecule has 1 aliphatic rings. The third-order valence-electron chi connectivity index (χ3n) is 2.45. The molecule has 0 unspecified atom stereocenters. The molecule has 0 amide bonds. The van der Waals surface area contributed by atoms with Crippen molar-refractivity contribution in [2.75, 3.05) is 5.73 Å². The first-order chi connectivity index (χ1) is 6.27. The summed E-state index contributed by atoms with van der Waals surface area (Å²) in [5.74, 6) is 1.29. The van der Waals surface area contributed by atoms with Gasteiger partial charge in [0.2, 0.25) is 0 Å². The van der Waals surface area contributed by atoms with Crippen LogP contribution in [0, 0.1) is 5.92 Å². The number of nitrogens with zero attached hydrogens (tertiary/aromatic N) is 1. The highest BCUT2D eigenvalue weighted by molar-refractivity contribution is 5.99. The van der Waals surface area contributed by atoms with E-state index in [1.165, 1.54) is 19.0 Å². The number of H-pyrrole nitrogens is 1. The van der Waals surface area contributed by atoms with Crippen LogP contribution in [0.2, 0.25) is 0 Å². The van der Waals surface area contributed by atoms with E-state index in [4.69, 9.17) is 5.73 Å². The Balaban J connectivity index is 1.92. The minimum Gasteiger partial charge on any atom is -0.383 e. The minimum absolute atomic E-state index is 0.109. The van der Waals surface area contributed by atoms with E-state index in [9.17, 15) is 4.79 Å². The molecule has 13 heavy (non-hydrogen) atoms. The fraction of sp³-hybridized carbons (Fsp3) is 0.556. The Bertz CT molecular complexity index is 314. The molecule has 0 radical (unpaired) electrons. The largest absolute Gasteiger partial charge is 0.383 e. The molecular formula is C9H13N3O. The molecular weight excluding hydrogens is 166 g/mol. The van der Waals surface area contributed by atoms with Crippen LogP contribution in [0.1, 0.15) is 36.0 Å². The van der Waals surface area contributed by atoms with Crippen molar-refractivity contribution < 1.29 is 4.79 Å². The van der Waals surface area contributed by atoms with Gasteiger partial charge in [0.25, 0.3) is 0 Å². The highest BCUT2D eigenvalue weighted by Crippen LogP contribution is 2.33. The van der Waals surface area contributed by atoms with Crippen molar-refractivity contribution in [3.63, 3.8) is 0 Å². The molecule has 1 aromatic heterocycles.